The molecule has 3 amide bonds. The monoisotopic (exact) mass is 552 g/mol. The van der Waals surface area contributed by atoms with Crippen LogP contribution in [0.5, 0.6) is 0 Å². The topological polar surface area (TPSA) is 101 Å². The number of nitrogens with one attached hydrogen (secondary N) is 2. The molecule has 1 aliphatic rings. The van der Waals surface area contributed by atoms with Crippen molar-refractivity contribution in [3.63, 3.8) is 0 Å². The third-order valence-corrected chi connectivity index (χ3v) is 7.17. The number of hydrogen-bond acceptors (Lipinski definition) is 6. The van der Waals surface area contributed by atoms with E-state index in [1.54, 1.807) is 20.8 Å². The summed E-state index contributed by atoms with van der Waals surface area (Å²) in [6.45, 7) is 7.69. The van der Waals surface area contributed by atoms with Gasteiger partial charge in [-0.2, -0.15) is 0 Å². The van der Waals surface area contributed by atoms with Crippen LogP contribution in [0.15, 0.2) is 53.4 Å². The van der Waals surface area contributed by atoms with Gasteiger partial charge in [-0.05, 0) is 51.5 Å². The van der Waals surface area contributed by atoms with Crippen molar-refractivity contribution in [1.29, 1.82) is 0 Å². The summed E-state index contributed by atoms with van der Waals surface area (Å²) >= 11 is 1.23. The zero-order valence-electron chi connectivity index (χ0n) is 22.5. The number of amides is 3. The maximum absolute atomic E-state index is 15.1. The lowest BCUT2D eigenvalue weighted by atomic mass is 10.1. The summed E-state index contributed by atoms with van der Waals surface area (Å²) in [5, 5.41) is 6.36. The Balaban J connectivity index is 1.71. The summed E-state index contributed by atoms with van der Waals surface area (Å²) in [5.41, 5.74) is 0.870. The number of hydrogen-bond donors (Lipinski definition) is 2. The van der Waals surface area contributed by atoms with Gasteiger partial charge in [0.2, 0.25) is 0 Å². The average Bonchev–Trinajstić information content (AvgIpc) is 2.99. The molecule has 2 heterocycles. The smallest absolute Gasteiger partial charge is 0.408 e. The molecule has 1 atom stereocenters. The molecule has 8 nitrogen and oxygen atoms in total. The lowest BCUT2D eigenvalue weighted by molar-refractivity contribution is -0.120. The maximum Gasteiger partial charge on any atom is 0.408 e. The predicted molar refractivity (Wildman–Crippen MR) is 150 cm³/mol. The van der Waals surface area contributed by atoms with Crippen LogP contribution in [-0.2, 0) is 16.1 Å². The van der Waals surface area contributed by atoms with E-state index >= 15 is 4.39 Å². The van der Waals surface area contributed by atoms with E-state index in [2.05, 4.69) is 10.6 Å². The van der Waals surface area contributed by atoms with Gasteiger partial charge in [0.25, 0.3) is 11.8 Å². The number of carbonyl (C=O) groups is 3. The van der Waals surface area contributed by atoms with Crippen LogP contribution in [0.4, 0.5) is 14.9 Å². The number of unbranched alkanes of at least 4 members (excludes halogenated alkanes) is 1. The number of ether oxygens (including phenoxy) is 1. The standard InChI is InChI=1S/C29H33FN4O4S/c1-5-6-13-31-26(35)20-14-24-25(15-21(20)30)39-17-23(33-28(37)38-29(2,3)4)27(36)34(24)16-19-12-11-18-9-7-8-10-22(18)32-19/h7-12,14-15,23H,5-6,13,16-17H2,1-4H3,(H,31,35)(H,33,37)/t23-/m0/s1. The van der Waals surface area contributed by atoms with E-state index in [0.29, 0.717) is 22.8 Å². The number of benzene rings is 2. The normalized spacial score (nSPS) is 15.5. The van der Waals surface area contributed by atoms with Crippen LogP contribution < -0.4 is 15.5 Å². The summed E-state index contributed by atoms with van der Waals surface area (Å²) in [4.78, 5) is 45.9. The van der Waals surface area contributed by atoms with Gasteiger partial charge in [-0.1, -0.05) is 37.6 Å². The molecule has 1 aromatic heterocycles. The first kappa shape index (κ1) is 28.4. The molecule has 2 aromatic carbocycles. The van der Waals surface area contributed by atoms with Crippen LogP contribution in [0.2, 0.25) is 0 Å². The molecule has 0 bridgehead atoms. The molecule has 3 aromatic rings. The molecule has 0 radical (unpaired) electrons. The molecular formula is C29H33FN4O4S. The van der Waals surface area contributed by atoms with Crippen LogP contribution in [0.1, 0.15) is 56.6 Å². The van der Waals surface area contributed by atoms with Crippen molar-refractivity contribution in [2.24, 2.45) is 0 Å². The molecule has 0 saturated carbocycles. The highest BCUT2D eigenvalue weighted by atomic mass is 32.2. The Bertz CT molecular complexity index is 1390. The molecule has 206 valence electrons. The van der Waals surface area contributed by atoms with Gasteiger partial charge in [-0.15, -0.1) is 11.8 Å². The number of rotatable bonds is 7. The minimum Gasteiger partial charge on any atom is -0.444 e. The largest absolute Gasteiger partial charge is 0.444 e. The summed E-state index contributed by atoms with van der Waals surface area (Å²) < 4.78 is 20.5. The summed E-state index contributed by atoms with van der Waals surface area (Å²) in [5.74, 6) is -1.47. The Kier molecular flexibility index (Phi) is 8.74. The van der Waals surface area contributed by atoms with Crippen LogP contribution in [0, 0.1) is 5.82 Å². The van der Waals surface area contributed by atoms with Crippen molar-refractivity contribution in [2.45, 2.75) is 63.6 Å². The quantitative estimate of drug-likeness (QED) is 0.379. The fourth-order valence-corrected chi connectivity index (χ4v) is 5.22. The third kappa shape index (κ3) is 7.06. The van der Waals surface area contributed by atoms with Gasteiger partial charge in [-0.25, -0.2) is 9.18 Å². The minimum absolute atomic E-state index is 0.0618. The van der Waals surface area contributed by atoms with E-state index in [9.17, 15) is 14.4 Å². The van der Waals surface area contributed by atoms with Gasteiger partial charge >= 0.3 is 6.09 Å². The first-order chi connectivity index (χ1) is 18.6. The molecule has 0 fully saturated rings. The zero-order chi connectivity index (χ0) is 28.2. The fraction of sp³-hybridized carbons (Fsp3) is 0.379. The second-order valence-corrected chi connectivity index (χ2v) is 11.4. The maximum atomic E-state index is 15.1. The zero-order valence-corrected chi connectivity index (χ0v) is 23.4. The molecule has 10 heteroatoms. The number of pyridine rings is 1. The molecule has 0 spiro atoms. The molecule has 1 aliphatic heterocycles. The van der Waals surface area contributed by atoms with Crippen molar-refractivity contribution in [3.8, 4) is 0 Å². The molecule has 0 aliphatic carbocycles. The van der Waals surface area contributed by atoms with Crippen LogP contribution in [-0.4, -0.2) is 46.8 Å². The number of alkyl carbamates (subject to hydrolysis) is 1. The lowest BCUT2D eigenvalue weighted by Gasteiger charge is -2.27. The number of thioether (sulfide) groups is 1. The Morgan fingerprint density at radius 1 is 1.18 bits per heavy atom. The number of aromatic nitrogens is 1. The van der Waals surface area contributed by atoms with E-state index < -0.39 is 35.4 Å². The van der Waals surface area contributed by atoms with Crippen molar-refractivity contribution >= 4 is 46.3 Å². The van der Waals surface area contributed by atoms with E-state index in [1.165, 1.54) is 28.8 Å². The first-order valence-corrected chi connectivity index (χ1v) is 13.9. The van der Waals surface area contributed by atoms with Crippen molar-refractivity contribution in [2.75, 3.05) is 17.2 Å². The van der Waals surface area contributed by atoms with Gasteiger partial charge in [0.1, 0.15) is 17.5 Å². The van der Waals surface area contributed by atoms with Gasteiger partial charge in [0.15, 0.2) is 0 Å². The summed E-state index contributed by atoms with van der Waals surface area (Å²) in [6.07, 6.45) is 0.930. The van der Waals surface area contributed by atoms with E-state index in [1.807, 2.05) is 43.3 Å². The second-order valence-electron chi connectivity index (χ2n) is 10.3. The van der Waals surface area contributed by atoms with Gasteiger partial charge in [-0.3, -0.25) is 14.6 Å². The fourth-order valence-electron chi connectivity index (χ4n) is 4.14. The highest BCUT2D eigenvalue weighted by Gasteiger charge is 2.34. The SMILES string of the molecule is CCCCNC(=O)c1cc2c(cc1F)SC[C@H](NC(=O)OC(C)(C)C)C(=O)N2Cc1ccc2ccccc2n1. The number of carbonyl (C=O) groups excluding carboxylic acids is 3. The Labute approximate surface area is 231 Å². The van der Waals surface area contributed by atoms with Gasteiger partial charge < -0.3 is 20.3 Å². The molecule has 39 heavy (non-hydrogen) atoms. The van der Waals surface area contributed by atoms with E-state index in [-0.39, 0.29) is 17.9 Å². The first-order valence-electron chi connectivity index (χ1n) is 13.0. The van der Waals surface area contributed by atoms with Crippen LogP contribution in [0.25, 0.3) is 10.9 Å². The lowest BCUT2D eigenvalue weighted by Crippen LogP contribution is -2.50. The number of fused-ring (bicyclic) bond motifs is 2. The highest BCUT2D eigenvalue weighted by Crippen LogP contribution is 2.37. The second kappa shape index (κ2) is 12.0. The van der Waals surface area contributed by atoms with E-state index in [0.717, 1.165) is 23.7 Å². The third-order valence-electron chi connectivity index (χ3n) is 6.04. The molecular weight excluding hydrogens is 519 g/mol. The number of anilines is 1. The number of para-hydroxylation sites is 1. The van der Waals surface area contributed by atoms with Crippen molar-refractivity contribution in [3.05, 3.63) is 65.6 Å². The average molecular weight is 553 g/mol. The van der Waals surface area contributed by atoms with Crippen molar-refractivity contribution in [1.82, 2.24) is 15.6 Å². The molecule has 2 N–H and O–H groups in total. The van der Waals surface area contributed by atoms with Crippen LogP contribution in [0.3, 0.4) is 0 Å². The minimum atomic E-state index is -0.942. The predicted octanol–water partition coefficient (Wildman–Crippen LogP) is 5.44. The Morgan fingerprint density at radius 2 is 1.95 bits per heavy atom. The number of nitrogens with zero attached hydrogens (tertiary/aromatic N) is 2. The molecule has 0 unspecified atom stereocenters. The molecule has 4 rings (SSSR count). The highest BCUT2D eigenvalue weighted by molar-refractivity contribution is 7.99. The number of halogens is 1. The summed E-state index contributed by atoms with van der Waals surface area (Å²) in [6, 6.07) is 13.1. The Morgan fingerprint density at radius 3 is 2.69 bits per heavy atom. The molecule has 0 saturated heterocycles. The van der Waals surface area contributed by atoms with Crippen LogP contribution >= 0.6 is 11.8 Å². The van der Waals surface area contributed by atoms with E-state index in [4.69, 9.17) is 9.72 Å². The van der Waals surface area contributed by atoms with Crippen molar-refractivity contribution < 1.29 is 23.5 Å². The summed E-state index contributed by atoms with van der Waals surface area (Å²) in [7, 11) is 0. The Hall–Kier alpha value is -3.66. The van der Waals surface area contributed by atoms with Gasteiger partial charge in [0, 0.05) is 22.6 Å². The van der Waals surface area contributed by atoms with Gasteiger partial charge in [0.05, 0.1) is 29.0 Å².